The number of benzene rings is 2. The van der Waals surface area contributed by atoms with Crippen LogP contribution in [-0.2, 0) is 6.54 Å². The summed E-state index contributed by atoms with van der Waals surface area (Å²) in [7, 11) is 0. The molecule has 0 bridgehead atoms. The van der Waals surface area contributed by atoms with Crippen LogP contribution in [-0.4, -0.2) is 11.5 Å². The van der Waals surface area contributed by atoms with Gasteiger partial charge in [0.2, 0.25) is 5.82 Å². The van der Waals surface area contributed by atoms with Crippen molar-refractivity contribution in [3.63, 3.8) is 0 Å². The molecule has 0 spiro atoms. The molecule has 0 saturated carbocycles. The Balaban J connectivity index is 2.02. The first kappa shape index (κ1) is 14.8. The SMILES string of the molecule is CCOc1ccc(CNc2ccc(F)c([N+](=O)[O-])c2)cc1. The van der Waals surface area contributed by atoms with E-state index in [2.05, 4.69) is 5.32 Å². The van der Waals surface area contributed by atoms with Crippen molar-refractivity contribution in [2.75, 3.05) is 11.9 Å². The molecule has 2 aromatic rings. The minimum atomic E-state index is -0.841. The molecule has 0 atom stereocenters. The second-order valence-corrected chi connectivity index (χ2v) is 4.35. The molecule has 2 rings (SSSR count). The molecular weight excluding hydrogens is 275 g/mol. The van der Waals surface area contributed by atoms with Crippen LogP contribution in [0.5, 0.6) is 5.75 Å². The number of nitro groups is 1. The second-order valence-electron chi connectivity index (χ2n) is 4.35. The molecule has 0 amide bonds. The summed E-state index contributed by atoms with van der Waals surface area (Å²) in [6.07, 6.45) is 0. The Labute approximate surface area is 121 Å². The van der Waals surface area contributed by atoms with Gasteiger partial charge in [-0.2, -0.15) is 4.39 Å². The topological polar surface area (TPSA) is 64.4 Å². The smallest absolute Gasteiger partial charge is 0.306 e. The van der Waals surface area contributed by atoms with Gasteiger partial charge in [0.1, 0.15) is 5.75 Å². The summed E-state index contributed by atoms with van der Waals surface area (Å²) in [5.74, 6) is -0.0507. The number of hydrogen-bond donors (Lipinski definition) is 1. The molecular formula is C15H15FN2O3. The van der Waals surface area contributed by atoms with Gasteiger partial charge in [0, 0.05) is 18.3 Å². The lowest BCUT2D eigenvalue weighted by molar-refractivity contribution is -0.387. The van der Waals surface area contributed by atoms with E-state index in [9.17, 15) is 14.5 Å². The van der Waals surface area contributed by atoms with Crippen LogP contribution in [0.2, 0.25) is 0 Å². The molecule has 0 aliphatic rings. The van der Waals surface area contributed by atoms with Gasteiger partial charge in [0.15, 0.2) is 0 Å². The fourth-order valence-electron chi connectivity index (χ4n) is 1.84. The molecule has 0 radical (unpaired) electrons. The van der Waals surface area contributed by atoms with Crippen molar-refractivity contribution in [1.29, 1.82) is 0 Å². The Morgan fingerprint density at radius 1 is 1.24 bits per heavy atom. The van der Waals surface area contributed by atoms with Crippen molar-refractivity contribution in [2.45, 2.75) is 13.5 Å². The molecule has 0 aliphatic heterocycles. The first-order valence-electron chi connectivity index (χ1n) is 6.49. The van der Waals surface area contributed by atoms with E-state index in [0.29, 0.717) is 18.8 Å². The van der Waals surface area contributed by atoms with Gasteiger partial charge in [0.25, 0.3) is 0 Å². The van der Waals surface area contributed by atoms with Crippen LogP contribution in [0.1, 0.15) is 12.5 Å². The molecule has 0 unspecified atom stereocenters. The molecule has 0 aromatic heterocycles. The van der Waals surface area contributed by atoms with Gasteiger partial charge < -0.3 is 10.1 Å². The fraction of sp³-hybridized carbons (Fsp3) is 0.200. The van der Waals surface area contributed by atoms with Crippen molar-refractivity contribution in [3.8, 4) is 5.75 Å². The summed E-state index contributed by atoms with van der Waals surface area (Å²) in [6, 6.07) is 11.2. The van der Waals surface area contributed by atoms with Crippen LogP contribution < -0.4 is 10.1 Å². The van der Waals surface area contributed by atoms with E-state index < -0.39 is 16.4 Å². The van der Waals surface area contributed by atoms with Crippen LogP contribution in [0.15, 0.2) is 42.5 Å². The number of halogens is 1. The average molecular weight is 290 g/mol. The summed E-state index contributed by atoms with van der Waals surface area (Å²) >= 11 is 0. The summed E-state index contributed by atoms with van der Waals surface area (Å²) in [6.45, 7) is 3.00. The maximum Gasteiger partial charge on any atom is 0.306 e. The maximum absolute atomic E-state index is 13.2. The van der Waals surface area contributed by atoms with Crippen molar-refractivity contribution in [3.05, 3.63) is 64.0 Å². The molecule has 110 valence electrons. The fourth-order valence-corrected chi connectivity index (χ4v) is 1.84. The van der Waals surface area contributed by atoms with Crippen LogP contribution in [0, 0.1) is 15.9 Å². The van der Waals surface area contributed by atoms with E-state index >= 15 is 0 Å². The Morgan fingerprint density at radius 3 is 2.57 bits per heavy atom. The van der Waals surface area contributed by atoms with Gasteiger partial charge in [-0.3, -0.25) is 10.1 Å². The normalized spacial score (nSPS) is 10.2. The quantitative estimate of drug-likeness (QED) is 0.650. The third-order valence-corrected chi connectivity index (χ3v) is 2.87. The average Bonchev–Trinajstić information content (AvgIpc) is 2.48. The van der Waals surface area contributed by atoms with Gasteiger partial charge >= 0.3 is 5.69 Å². The molecule has 2 aromatic carbocycles. The highest BCUT2D eigenvalue weighted by molar-refractivity contribution is 5.52. The van der Waals surface area contributed by atoms with Crippen molar-refractivity contribution in [1.82, 2.24) is 0 Å². The van der Waals surface area contributed by atoms with E-state index in [1.807, 2.05) is 31.2 Å². The van der Waals surface area contributed by atoms with E-state index in [0.717, 1.165) is 17.4 Å². The molecule has 5 nitrogen and oxygen atoms in total. The van der Waals surface area contributed by atoms with E-state index in [4.69, 9.17) is 4.74 Å². The number of rotatable bonds is 6. The lowest BCUT2D eigenvalue weighted by Crippen LogP contribution is -2.01. The molecule has 0 aliphatic carbocycles. The lowest BCUT2D eigenvalue weighted by atomic mass is 10.2. The number of nitro benzene ring substituents is 1. The molecule has 6 heteroatoms. The Hall–Kier alpha value is -2.63. The number of anilines is 1. The Kier molecular flexibility index (Phi) is 4.71. The molecule has 21 heavy (non-hydrogen) atoms. The highest BCUT2D eigenvalue weighted by Crippen LogP contribution is 2.22. The van der Waals surface area contributed by atoms with Gasteiger partial charge in [0.05, 0.1) is 11.5 Å². The van der Waals surface area contributed by atoms with Crippen LogP contribution in [0.4, 0.5) is 15.8 Å². The molecule has 0 heterocycles. The Bertz CT molecular complexity index is 629. The first-order chi connectivity index (χ1) is 10.1. The van der Waals surface area contributed by atoms with Crippen LogP contribution >= 0.6 is 0 Å². The number of hydrogen-bond acceptors (Lipinski definition) is 4. The van der Waals surface area contributed by atoms with Crippen molar-refractivity contribution >= 4 is 11.4 Å². The molecule has 0 fully saturated rings. The monoisotopic (exact) mass is 290 g/mol. The standard InChI is InChI=1S/C15H15FN2O3/c1-2-21-13-6-3-11(4-7-13)10-17-12-5-8-14(16)15(9-12)18(19)20/h3-9,17H,2,10H2,1H3. The van der Waals surface area contributed by atoms with E-state index in [-0.39, 0.29) is 0 Å². The molecule has 1 N–H and O–H groups in total. The van der Waals surface area contributed by atoms with Crippen LogP contribution in [0.3, 0.4) is 0 Å². The van der Waals surface area contributed by atoms with Crippen molar-refractivity contribution in [2.24, 2.45) is 0 Å². The summed E-state index contributed by atoms with van der Waals surface area (Å²) in [5, 5.41) is 13.7. The Morgan fingerprint density at radius 2 is 1.95 bits per heavy atom. The zero-order chi connectivity index (χ0) is 15.2. The van der Waals surface area contributed by atoms with Gasteiger partial charge in [-0.05, 0) is 36.8 Å². The minimum Gasteiger partial charge on any atom is -0.494 e. The summed E-state index contributed by atoms with van der Waals surface area (Å²) in [4.78, 5) is 9.93. The summed E-state index contributed by atoms with van der Waals surface area (Å²) in [5.41, 5.74) is 0.953. The summed E-state index contributed by atoms with van der Waals surface area (Å²) < 4.78 is 18.6. The number of ether oxygens (including phenoxy) is 1. The lowest BCUT2D eigenvalue weighted by Gasteiger charge is -2.08. The predicted octanol–water partition coefficient (Wildman–Crippen LogP) is 3.74. The van der Waals surface area contributed by atoms with Gasteiger partial charge in [-0.1, -0.05) is 12.1 Å². The zero-order valence-electron chi connectivity index (χ0n) is 11.5. The predicted molar refractivity (Wildman–Crippen MR) is 78.0 cm³/mol. The largest absolute Gasteiger partial charge is 0.494 e. The highest BCUT2D eigenvalue weighted by Gasteiger charge is 2.13. The van der Waals surface area contributed by atoms with E-state index in [1.54, 1.807) is 0 Å². The third kappa shape index (κ3) is 3.92. The first-order valence-corrected chi connectivity index (χ1v) is 6.49. The second kappa shape index (κ2) is 6.69. The third-order valence-electron chi connectivity index (χ3n) is 2.87. The highest BCUT2D eigenvalue weighted by atomic mass is 19.1. The van der Waals surface area contributed by atoms with Gasteiger partial charge in [-0.25, -0.2) is 0 Å². The number of nitrogens with zero attached hydrogens (tertiary/aromatic N) is 1. The van der Waals surface area contributed by atoms with Crippen molar-refractivity contribution < 1.29 is 14.1 Å². The molecule has 0 saturated heterocycles. The maximum atomic E-state index is 13.2. The number of nitrogens with one attached hydrogen (secondary N) is 1. The minimum absolute atomic E-state index is 0.481. The van der Waals surface area contributed by atoms with Gasteiger partial charge in [-0.15, -0.1) is 0 Å². The van der Waals surface area contributed by atoms with Crippen LogP contribution in [0.25, 0.3) is 0 Å². The van der Waals surface area contributed by atoms with E-state index in [1.165, 1.54) is 12.1 Å². The zero-order valence-corrected chi connectivity index (χ0v) is 11.5.